The highest BCUT2D eigenvalue weighted by atomic mass is 15.1. The van der Waals surface area contributed by atoms with Crippen LogP contribution in [0, 0.1) is 6.92 Å². The molecule has 0 fully saturated rings. The average molecular weight is 292 g/mol. The van der Waals surface area contributed by atoms with Gasteiger partial charge in [0.25, 0.3) is 0 Å². The van der Waals surface area contributed by atoms with Crippen molar-refractivity contribution in [2.45, 2.75) is 26.8 Å². The van der Waals surface area contributed by atoms with Crippen molar-refractivity contribution < 1.29 is 0 Å². The third kappa shape index (κ3) is 1.80. The van der Waals surface area contributed by atoms with Crippen molar-refractivity contribution in [1.82, 2.24) is 29.5 Å². The van der Waals surface area contributed by atoms with Crippen molar-refractivity contribution in [1.29, 1.82) is 0 Å². The van der Waals surface area contributed by atoms with Crippen molar-refractivity contribution in [2.75, 3.05) is 0 Å². The highest BCUT2D eigenvalue weighted by molar-refractivity contribution is 5.94. The van der Waals surface area contributed by atoms with Gasteiger partial charge in [-0.25, -0.2) is 19.9 Å². The van der Waals surface area contributed by atoms with Gasteiger partial charge in [-0.3, -0.25) is 0 Å². The zero-order valence-corrected chi connectivity index (χ0v) is 12.7. The van der Waals surface area contributed by atoms with E-state index in [2.05, 4.69) is 49.4 Å². The summed E-state index contributed by atoms with van der Waals surface area (Å²) in [5, 5.41) is 0.996. The Hall–Kier alpha value is -2.76. The van der Waals surface area contributed by atoms with E-state index in [0.29, 0.717) is 6.04 Å². The minimum atomic E-state index is 0.341. The van der Waals surface area contributed by atoms with Gasteiger partial charge in [-0.2, -0.15) is 0 Å². The van der Waals surface area contributed by atoms with Crippen LogP contribution in [-0.2, 0) is 0 Å². The Bertz CT molecular complexity index is 979. The fraction of sp³-hybridized carbons (Fsp3) is 0.250. The molecule has 6 heteroatoms. The molecule has 0 aliphatic heterocycles. The largest absolute Gasteiger partial charge is 0.345 e. The second-order valence-corrected chi connectivity index (χ2v) is 5.68. The molecular weight excluding hydrogens is 276 g/mol. The molecule has 0 amide bonds. The SMILES string of the molecule is Cc1nc2ncc(-c3c[nH]c4ncncc34)cc2n1C(C)C. The summed E-state index contributed by atoms with van der Waals surface area (Å²) in [7, 11) is 0. The van der Waals surface area contributed by atoms with Gasteiger partial charge < -0.3 is 9.55 Å². The van der Waals surface area contributed by atoms with Crippen LogP contribution in [0.4, 0.5) is 0 Å². The molecule has 0 saturated heterocycles. The standard InChI is InChI=1S/C16H16N6/c1-9(2)22-10(3)21-16-14(22)4-11(5-18-16)12-7-19-15-13(12)6-17-8-20-15/h4-9H,1-3H3,(H,17,19,20). The summed E-state index contributed by atoms with van der Waals surface area (Å²) in [6, 6.07) is 2.48. The Kier molecular flexibility index (Phi) is 2.72. The number of nitrogens with one attached hydrogen (secondary N) is 1. The zero-order valence-electron chi connectivity index (χ0n) is 12.7. The Morgan fingerprint density at radius 1 is 1.18 bits per heavy atom. The summed E-state index contributed by atoms with van der Waals surface area (Å²) in [6.07, 6.45) is 7.17. The monoisotopic (exact) mass is 292 g/mol. The first-order valence-corrected chi connectivity index (χ1v) is 7.27. The number of aromatic amines is 1. The smallest absolute Gasteiger partial charge is 0.177 e. The molecule has 0 bridgehead atoms. The topological polar surface area (TPSA) is 72.3 Å². The third-order valence-corrected chi connectivity index (χ3v) is 3.91. The highest BCUT2D eigenvalue weighted by Gasteiger charge is 2.14. The zero-order chi connectivity index (χ0) is 15.3. The van der Waals surface area contributed by atoms with Crippen LogP contribution in [0.5, 0.6) is 0 Å². The second kappa shape index (κ2) is 4.62. The third-order valence-electron chi connectivity index (χ3n) is 3.91. The van der Waals surface area contributed by atoms with Crippen molar-refractivity contribution in [3.63, 3.8) is 0 Å². The molecule has 4 aromatic heterocycles. The number of hydrogen-bond acceptors (Lipinski definition) is 4. The van der Waals surface area contributed by atoms with E-state index >= 15 is 0 Å². The summed E-state index contributed by atoms with van der Waals surface area (Å²) in [4.78, 5) is 20.6. The van der Waals surface area contributed by atoms with Crippen LogP contribution < -0.4 is 0 Å². The number of fused-ring (bicyclic) bond motifs is 2. The van der Waals surface area contributed by atoms with Gasteiger partial charge in [0.2, 0.25) is 0 Å². The molecule has 4 heterocycles. The second-order valence-electron chi connectivity index (χ2n) is 5.68. The molecule has 0 spiro atoms. The van der Waals surface area contributed by atoms with Gasteiger partial charge in [0.05, 0.1) is 5.52 Å². The fourth-order valence-electron chi connectivity index (χ4n) is 2.99. The number of aryl methyl sites for hydroxylation is 1. The van der Waals surface area contributed by atoms with E-state index in [1.165, 1.54) is 0 Å². The first-order valence-electron chi connectivity index (χ1n) is 7.27. The normalized spacial score (nSPS) is 11.8. The number of nitrogens with zero attached hydrogens (tertiary/aromatic N) is 5. The Balaban J connectivity index is 1.98. The van der Waals surface area contributed by atoms with E-state index in [9.17, 15) is 0 Å². The van der Waals surface area contributed by atoms with Crippen molar-refractivity contribution in [3.05, 3.63) is 36.8 Å². The van der Waals surface area contributed by atoms with Gasteiger partial charge in [-0.1, -0.05) is 0 Å². The molecule has 0 radical (unpaired) electrons. The van der Waals surface area contributed by atoms with Gasteiger partial charge in [0, 0.05) is 41.1 Å². The lowest BCUT2D eigenvalue weighted by atomic mass is 10.1. The number of aromatic nitrogens is 6. The maximum Gasteiger partial charge on any atom is 0.177 e. The van der Waals surface area contributed by atoms with Crippen molar-refractivity contribution in [3.8, 4) is 11.1 Å². The van der Waals surface area contributed by atoms with Gasteiger partial charge >= 0.3 is 0 Å². The summed E-state index contributed by atoms with van der Waals surface area (Å²) in [5.41, 5.74) is 4.76. The molecule has 110 valence electrons. The van der Waals surface area contributed by atoms with Crippen LogP contribution in [0.3, 0.4) is 0 Å². The van der Waals surface area contributed by atoms with Gasteiger partial charge in [-0.15, -0.1) is 0 Å². The molecule has 0 aromatic carbocycles. The molecule has 0 aliphatic rings. The number of H-pyrrole nitrogens is 1. The Morgan fingerprint density at radius 3 is 2.86 bits per heavy atom. The maximum absolute atomic E-state index is 4.54. The lowest BCUT2D eigenvalue weighted by molar-refractivity contribution is 0.600. The van der Waals surface area contributed by atoms with E-state index in [1.54, 1.807) is 6.33 Å². The first-order chi connectivity index (χ1) is 10.6. The predicted molar refractivity (Wildman–Crippen MR) is 85.5 cm³/mol. The van der Waals surface area contributed by atoms with Gasteiger partial charge in [-0.05, 0) is 26.8 Å². The maximum atomic E-state index is 4.54. The summed E-state index contributed by atoms with van der Waals surface area (Å²) < 4.78 is 2.21. The molecule has 0 saturated carbocycles. The number of pyridine rings is 1. The summed E-state index contributed by atoms with van der Waals surface area (Å²) in [5.74, 6) is 0.983. The lowest BCUT2D eigenvalue weighted by Gasteiger charge is -2.10. The molecule has 1 N–H and O–H groups in total. The van der Waals surface area contributed by atoms with E-state index in [1.807, 2.05) is 25.5 Å². The molecule has 6 nitrogen and oxygen atoms in total. The average Bonchev–Trinajstić information content (AvgIpc) is 3.06. The quantitative estimate of drug-likeness (QED) is 0.615. The van der Waals surface area contributed by atoms with Crippen LogP contribution in [0.2, 0.25) is 0 Å². The van der Waals surface area contributed by atoms with Gasteiger partial charge in [0.1, 0.15) is 17.8 Å². The van der Waals surface area contributed by atoms with Crippen molar-refractivity contribution >= 4 is 22.2 Å². The summed E-state index contributed by atoms with van der Waals surface area (Å²) >= 11 is 0. The molecule has 0 atom stereocenters. The minimum absolute atomic E-state index is 0.341. The molecular formula is C16H16N6. The van der Waals surface area contributed by atoms with E-state index in [-0.39, 0.29) is 0 Å². The molecule has 22 heavy (non-hydrogen) atoms. The van der Waals surface area contributed by atoms with Crippen LogP contribution >= 0.6 is 0 Å². The van der Waals surface area contributed by atoms with Crippen LogP contribution in [0.25, 0.3) is 33.3 Å². The molecule has 4 aromatic rings. The summed E-state index contributed by atoms with van der Waals surface area (Å²) in [6.45, 7) is 6.32. The molecule has 4 rings (SSSR count). The molecule has 0 aliphatic carbocycles. The fourth-order valence-corrected chi connectivity index (χ4v) is 2.99. The lowest BCUT2D eigenvalue weighted by Crippen LogP contribution is -2.02. The van der Waals surface area contributed by atoms with E-state index in [4.69, 9.17) is 0 Å². The predicted octanol–water partition coefficient (Wildman–Crippen LogP) is 3.26. The van der Waals surface area contributed by atoms with Crippen LogP contribution in [0.15, 0.2) is 31.0 Å². The van der Waals surface area contributed by atoms with Crippen LogP contribution in [-0.4, -0.2) is 29.5 Å². The van der Waals surface area contributed by atoms with E-state index in [0.717, 1.165) is 39.1 Å². The highest BCUT2D eigenvalue weighted by Crippen LogP contribution is 2.29. The van der Waals surface area contributed by atoms with E-state index < -0.39 is 0 Å². The first kappa shape index (κ1) is 12.9. The molecule has 0 unspecified atom stereocenters. The van der Waals surface area contributed by atoms with Crippen LogP contribution in [0.1, 0.15) is 25.7 Å². The minimum Gasteiger partial charge on any atom is -0.345 e. The number of imidazole rings is 1. The van der Waals surface area contributed by atoms with Gasteiger partial charge in [0.15, 0.2) is 5.65 Å². The Morgan fingerprint density at radius 2 is 2.05 bits per heavy atom. The number of rotatable bonds is 2. The van der Waals surface area contributed by atoms with Crippen molar-refractivity contribution in [2.24, 2.45) is 0 Å². The number of hydrogen-bond donors (Lipinski definition) is 1. The Labute approximate surface area is 127 Å².